The fourth-order valence-electron chi connectivity index (χ4n) is 4.98. The monoisotopic (exact) mass is 449 g/mol. The molecular weight excluding hydrogens is 422 g/mol. The van der Waals surface area contributed by atoms with Crippen LogP contribution in [0.2, 0.25) is 0 Å². The summed E-state index contributed by atoms with van der Waals surface area (Å²) in [6.45, 7) is 4.04. The molecule has 8 nitrogen and oxygen atoms in total. The smallest absolute Gasteiger partial charge is 0.276 e. The van der Waals surface area contributed by atoms with E-state index in [0.29, 0.717) is 23.1 Å². The summed E-state index contributed by atoms with van der Waals surface area (Å²) in [6, 6.07) is 15.0. The molecule has 8 heteroatoms. The number of methoxy groups -OCH3 is 1. The average molecular weight is 450 g/mol. The van der Waals surface area contributed by atoms with Gasteiger partial charge in [0.05, 0.1) is 13.2 Å². The van der Waals surface area contributed by atoms with Crippen molar-refractivity contribution in [1.82, 2.24) is 14.9 Å². The highest BCUT2D eigenvalue weighted by Gasteiger charge is 2.57. The molecule has 33 heavy (non-hydrogen) atoms. The van der Waals surface area contributed by atoms with Crippen LogP contribution >= 0.6 is 0 Å². The fraction of sp³-hybridized carbons (Fsp3) is 0.400. The van der Waals surface area contributed by atoms with Gasteiger partial charge in [0.1, 0.15) is 0 Å². The molecule has 172 valence electrons. The van der Waals surface area contributed by atoms with E-state index < -0.39 is 23.4 Å². The number of ether oxygens (including phenoxy) is 2. The van der Waals surface area contributed by atoms with Crippen molar-refractivity contribution in [2.75, 3.05) is 33.4 Å². The van der Waals surface area contributed by atoms with Crippen LogP contribution in [-0.4, -0.2) is 66.1 Å². The normalized spacial score (nSPS) is 23.8. The van der Waals surface area contributed by atoms with Gasteiger partial charge in [-0.25, -0.2) is 0 Å². The van der Waals surface area contributed by atoms with Crippen molar-refractivity contribution in [3.8, 4) is 0 Å². The third-order valence-corrected chi connectivity index (χ3v) is 6.62. The lowest BCUT2D eigenvalue weighted by atomic mass is 9.93. The molecule has 5 rings (SSSR count). The molecule has 3 aliphatic heterocycles. The summed E-state index contributed by atoms with van der Waals surface area (Å²) in [5.41, 5.74) is 1.43. The molecule has 1 unspecified atom stereocenters. The molecule has 2 aromatic carbocycles. The molecule has 0 saturated carbocycles. The zero-order valence-electron chi connectivity index (χ0n) is 18.7. The van der Waals surface area contributed by atoms with Crippen molar-refractivity contribution in [3.05, 3.63) is 70.8 Å². The number of carbonyl (C=O) groups excluding carboxylic acids is 3. The minimum atomic E-state index is -1.41. The van der Waals surface area contributed by atoms with E-state index in [9.17, 15) is 14.4 Å². The quantitative estimate of drug-likeness (QED) is 0.652. The minimum absolute atomic E-state index is 0.212. The van der Waals surface area contributed by atoms with E-state index in [1.807, 2.05) is 36.4 Å². The van der Waals surface area contributed by atoms with Gasteiger partial charge in [0, 0.05) is 56.3 Å². The molecule has 0 aromatic heterocycles. The van der Waals surface area contributed by atoms with E-state index in [4.69, 9.17) is 9.47 Å². The largest absolute Gasteiger partial charge is 0.379 e. The second-order valence-corrected chi connectivity index (χ2v) is 8.55. The van der Waals surface area contributed by atoms with Crippen molar-refractivity contribution in [3.63, 3.8) is 0 Å². The zero-order chi connectivity index (χ0) is 23.0. The summed E-state index contributed by atoms with van der Waals surface area (Å²) in [5.74, 6) is -1.20. The molecule has 1 atom stereocenters. The molecule has 0 aliphatic carbocycles. The molecule has 2 aromatic rings. The van der Waals surface area contributed by atoms with Crippen LogP contribution in [0.25, 0.3) is 0 Å². The molecule has 0 N–H and O–H groups in total. The highest BCUT2D eigenvalue weighted by molar-refractivity contribution is 6.06. The number of imide groups is 1. The van der Waals surface area contributed by atoms with Gasteiger partial charge in [-0.1, -0.05) is 42.5 Å². The van der Waals surface area contributed by atoms with Crippen molar-refractivity contribution in [1.29, 1.82) is 0 Å². The summed E-state index contributed by atoms with van der Waals surface area (Å²) in [4.78, 5) is 41.6. The van der Waals surface area contributed by atoms with E-state index >= 15 is 0 Å². The molecule has 3 amide bonds. The number of rotatable bonds is 5. The van der Waals surface area contributed by atoms with Crippen molar-refractivity contribution >= 4 is 17.7 Å². The van der Waals surface area contributed by atoms with Gasteiger partial charge >= 0.3 is 0 Å². The number of hydrogen-bond donors (Lipinski definition) is 0. The number of hydrogen-bond acceptors (Lipinski definition) is 6. The van der Waals surface area contributed by atoms with E-state index in [1.54, 1.807) is 12.1 Å². The van der Waals surface area contributed by atoms with Gasteiger partial charge in [-0.05, 0) is 18.1 Å². The number of nitrogens with zero attached hydrogens (tertiary/aromatic N) is 3. The van der Waals surface area contributed by atoms with Gasteiger partial charge in [0.2, 0.25) is 17.5 Å². The molecule has 3 aliphatic rings. The molecule has 2 saturated heterocycles. The maximum absolute atomic E-state index is 13.5. The molecule has 0 bridgehead atoms. The Balaban J connectivity index is 1.57. The first-order valence-corrected chi connectivity index (χ1v) is 11.3. The Morgan fingerprint density at radius 3 is 2.27 bits per heavy atom. The lowest BCUT2D eigenvalue weighted by Crippen LogP contribution is -2.60. The summed E-state index contributed by atoms with van der Waals surface area (Å²) in [6.07, 6.45) is 0.910. The Morgan fingerprint density at radius 1 is 0.939 bits per heavy atom. The summed E-state index contributed by atoms with van der Waals surface area (Å²) < 4.78 is 11.5. The van der Waals surface area contributed by atoms with Crippen LogP contribution in [0.15, 0.2) is 48.5 Å². The lowest BCUT2D eigenvalue weighted by molar-refractivity contribution is -0.197. The highest BCUT2D eigenvalue weighted by atomic mass is 16.5. The molecular formula is C25H27N3O5. The van der Waals surface area contributed by atoms with Crippen LogP contribution in [0, 0.1) is 0 Å². The van der Waals surface area contributed by atoms with Gasteiger partial charge < -0.3 is 9.47 Å². The Bertz CT molecular complexity index is 1060. The standard InChI is InChI=1S/C25H27N3O5/c1-32-25(19-11-9-18(10-12-19)17-26-13-15-33-16-14-26)21-6-3-2-5-20(21)24(31)28(25)27-22(29)7-4-8-23(27)30/h2-3,5-6,9-12H,4,7-8,13-17H2,1H3. The number of morpholine rings is 1. The van der Waals surface area contributed by atoms with Crippen LogP contribution in [0.4, 0.5) is 0 Å². The van der Waals surface area contributed by atoms with Gasteiger partial charge in [-0.3, -0.25) is 19.3 Å². The first kappa shape index (κ1) is 21.8. The third-order valence-electron chi connectivity index (χ3n) is 6.62. The maximum Gasteiger partial charge on any atom is 0.276 e. The number of hydrazine groups is 1. The van der Waals surface area contributed by atoms with Gasteiger partial charge in [0.15, 0.2) is 0 Å². The zero-order valence-corrected chi connectivity index (χ0v) is 18.7. The number of piperidine rings is 1. The predicted molar refractivity (Wildman–Crippen MR) is 119 cm³/mol. The Morgan fingerprint density at radius 2 is 1.61 bits per heavy atom. The van der Waals surface area contributed by atoms with E-state index in [1.165, 1.54) is 12.1 Å². The van der Waals surface area contributed by atoms with E-state index in [0.717, 1.165) is 43.4 Å². The Labute approximate surface area is 192 Å². The molecule has 0 spiro atoms. The van der Waals surface area contributed by atoms with Gasteiger partial charge in [-0.2, -0.15) is 10.0 Å². The summed E-state index contributed by atoms with van der Waals surface area (Å²) >= 11 is 0. The number of carbonyl (C=O) groups is 3. The average Bonchev–Trinajstić information content (AvgIpc) is 3.09. The van der Waals surface area contributed by atoms with Crippen molar-refractivity contribution in [2.45, 2.75) is 31.5 Å². The second-order valence-electron chi connectivity index (χ2n) is 8.55. The maximum atomic E-state index is 13.5. The Kier molecular flexibility index (Phi) is 5.74. The van der Waals surface area contributed by atoms with E-state index in [-0.39, 0.29) is 12.8 Å². The van der Waals surface area contributed by atoms with Crippen molar-refractivity contribution < 1.29 is 23.9 Å². The van der Waals surface area contributed by atoms with Crippen LogP contribution in [0.3, 0.4) is 0 Å². The molecule has 3 heterocycles. The first-order valence-electron chi connectivity index (χ1n) is 11.3. The fourth-order valence-corrected chi connectivity index (χ4v) is 4.98. The number of benzene rings is 2. The van der Waals surface area contributed by atoms with Crippen molar-refractivity contribution in [2.24, 2.45) is 0 Å². The molecule has 2 fully saturated rings. The minimum Gasteiger partial charge on any atom is -0.379 e. The third kappa shape index (κ3) is 3.55. The first-order chi connectivity index (χ1) is 16.1. The van der Waals surface area contributed by atoms with Crippen LogP contribution in [-0.2, 0) is 31.3 Å². The molecule has 0 radical (unpaired) electrons. The van der Waals surface area contributed by atoms with E-state index in [2.05, 4.69) is 4.90 Å². The topological polar surface area (TPSA) is 79.4 Å². The highest BCUT2D eigenvalue weighted by Crippen LogP contribution is 2.46. The predicted octanol–water partition coefficient (Wildman–Crippen LogP) is 2.28. The van der Waals surface area contributed by atoms with Gasteiger partial charge in [0.25, 0.3) is 5.91 Å². The van der Waals surface area contributed by atoms with Gasteiger partial charge in [-0.15, -0.1) is 0 Å². The number of fused-ring (bicyclic) bond motifs is 1. The van der Waals surface area contributed by atoms with Crippen LogP contribution < -0.4 is 0 Å². The summed E-state index contributed by atoms with van der Waals surface area (Å²) in [7, 11) is 1.50. The summed E-state index contributed by atoms with van der Waals surface area (Å²) in [5, 5.41) is 2.22. The number of amides is 3. The Hall–Kier alpha value is -3.07. The SMILES string of the molecule is COC1(c2ccc(CN3CCOCC3)cc2)c2ccccc2C(=O)N1N1C(=O)CCCC1=O. The lowest BCUT2D eigenvalue weighted by Gasteiger charge is -2.43. The van der Waals surface area contributed by atoms with Crippen LogP contribution in [0.1, 0.15) is 46.3 Å². The second kappa shape index (κ2) is 8.70. The van der Waals surface area contributed by atoms with Crippen LogP contribution in [0.5, 0.6) is 0 Å².